The number of hydrogen-bond donors (Lipinski definition) is 2. The first-order valence-electron chi connectivity index (χ1n) is 3.59. The summed E-state index contributed by atoms with van der Waals surface area (Å²) in [6.07, 6.45) is 1.07. The molecule has 58 valence electrons. The molecule has 0 radical (unpaired) electrons. The van der Waals surface area contributed by atoms with E-state index in [1.165, 1.54) is 14.8 Å². The second kappa shape index (κ2) is 2.55. The van der Waals surface area contributed by atoms with Crippen molar-refractivity contribution >= 4 is 34.0 Å². The fraction of sp³-hybridized carbons (Fsp3) is 0.250. The van der Waals surface area contributed by atoms with Crippen LogP contribution in [0.2, 0.25) is 0 Å². The molecule has 0 spiro atoms. The third-order valence-electron chi connectivity index (χ3n) is 1.94. The lowest BCUT2D eigenvalue weighted by Gasteiger charge is -2.03. The van der Waals surface area contributed by atoms with E-state index < -0.39 is 0 Å². The van der Waals surface area contributed by atoms with Crippen LogP contribution in [0.15, 0.2) is 12.1 Å². The zero-order valence-electron chi connectivity index (χ0n) is 6.02. The molecule has 1 aromatic rings. The van der Waals surface area contributed by atoms with Gasteiger partial charge in [-0.05, 0) is 46.7 Å². The topological polar surface area (TPSA) is 38.0 Å². The van der Waals surface area contributed by atoms with E-state index >= 15 is 0 Å². The van der Waals surface area contributed by atoms with Gasteiger partial charge in [-0.15, -0.1) is 0 Å². The zero-order chi connectivity index (χ0) is 7.84. The number of benzene rings is 1. The van der Waals surface area contributed by atoms with Crippen molar-refractivity contribution in [2.75, 3.05) is 17.6 Å². The summed E-state index contributed by atoms with van der Waals surface area (Å²) in [7, 11) is 0. The van der Waals surface area contributed by atoms with E-state index in [1.807, 2.05) is 6.07 Å². The van der Waals surface area contributed by atoms with Gasteiger partial charge >= 0.3 is 0 Å². The summed E-state index contributed by atoms with van der Waals surface area (Å²) in [4.78, 5) is 0. The number of rotatable bonds is 0. The first-order valence-corrected chi connectivity index (χ1v) is 4.67. The smallest absolute Gasteiger partial charge is 0.0404 e. The maximum absolute atomic E-state index is 5.83. The van der Waals surface area contributed by atoms with Crippen molar-refractivity contribution in [3.8, 4) is 0 Å². The van der Waals surface area contributed by atoms with Gasteiger partial charge in [0.05, 0.1) is 0 Å². The van der Waals surface area contributed by atoms with Crippen LogP contribution >= 0.6 is 22.6 Å². The van der Waals surface area contributed by atoms with Crippen LogP contribution in [0.5, 0.6) is 0 Å². The number of hydrogen-bond acceptors (Lipinski definition) is 2. The van der Waals surface area contributed by atoms with Gasteiger partial charge < -0.3 is 11.1 Å². The molecule has 1 aliphatic heterocycles. The summed E-state index contributed by atoms with van der Waals surface area (Å²) in [6.45, 7) is 1.03. The van der Waals surface area contributed by atoms with Gasteiger partial charge in [-0.3, -0.25) is 0 Å². The molecule has 0 bridgehead atoms. The van der Waals surface area contributed by atoms with Gasteiger partial charge in [0.1, 0.15) is 0 Å². The molecule has 2 rings (SSSR count). The van der Waals surface area contributed by atoms with Gasteiger partial charge in [-0.2, -0.15) is 0 Å². The third-order valence-corrected chi connectivity index (χ3v) is 2.56. The van der Waals surface area contributed by atoms with E-state index in [2.05, 4.69) is 34.0 Å². The van der Waals surface area contributed by atoms with Crippen molar-refractivity contribution in [3.05, 3.63) is 21.3 Å². The first-order chi connectivity index (χ1) is 5.27. The van der Waals surface area contributed by atoms with Crippen molar-refractivity contribution in [1.82, 2.24) is 0 Å². The number of fused-ring (bicyclic) bond motifs is 1. The van der Waals surface area contributed by atoms with Crippen LogP contribution in [0.1, 0.15) is 5.56 Å². The average Bonchev–Trinajstić information content (AvgIpc) is 2.34. The van der Waals surface area contributed by atoms with E-state index in [1.54, 1.807) is 0 Å². The number of nitrogen functional groups attached to an aromatic ring is 1. The highest BCUT2D eigenvalue weighted by Crippen LogP contribution is 2.29. The Balaban J connectivity index is 2.60. The Morgan fingerprint density at radius 2 is 2.27 bits per heavy atom. The van der Waals surface area contributed by atoms with Crippen LogP contribution in [0.3, 0.4) is 0 Å². The summed E-state index contributed by atoms with van der Waals surface area (Å²) < 4.78 is 1.20. The maximum atomic E-state index is 5.83. The Bertz CT molecular complexity index is 296. The monoisotopic (exact) mass is 260 g/mol. The van der Waals surface area contributed by atoms with Gasteiger partial charge in [-0.1, -0.05) is 0 Å². The first kappa shape index (κ1) is 7.21. The minimum Gasteiger partial charge on any atom is -0.398 e. The van der Waals surface area contributed by atoms with Crippen molar-refractivity contribution < 1.29 is 0 Å². The largest absolute Gasteiger partial charge is 0.398 e. The van der Waals surface area contributed by atoms with Crippen LogP contribution in [0.25, 0.3) is 0 Å². The highest BCUT2D eigenvalue weighted by molar-refractivity contribution is 14.1. The molecule has 0 unspecified atom stereocenters. The molecule has 0 saturated heterocycles. The van der Waals surface area contributed by atoms with E-state index in [9.17, 15) is 0 Å². The predicted molar refractivity (Wildman–Crippen MR) is 55.8 cm³/mol. The lowest BCUT2D eigenvalue weighted by atomic mass is 10.1. The minimum atomic E-state index is 0.928. The Morgan fingerprint density at radius 3 is 3.09 bits per heavy atom. The van der Waals surface area contributed by atoms with Gasteiger partial charge in [0.25, 0.3) is 0 Å². The van der Waals surface area contributed by atoms with Gasteiger partial charge in [-0.25, -0.2) is 0 Å². The molecule has 0 amide bonds. The SMILES string of the molecule is Nc1cc(I)cc2c1CCN2. The highest BCUT2D eigenvalue weighted by atomic mass is 127. The Morgan fingerprint density at radius 1 is 1.45 bits per heavy atom. The summed E-state index contributed by atoms with van der Waals surface area (Å²) in [5.41, 5.74) is 9.26. The minimum absolute atomic E-state index is 0.928. The van der Waals surface area contributed by atoms with Crippen LogP contribution in [-0.4, -0.2) is 6.54 Å². The van der Waals surface area contributed by atoms with Crippen LogP contribution < -0.4 is 11.1 Å². The molecule has 3 N–H and O–H groups in total. The fourth-order valence-electron chi connectivity index (χ4n) is 1.42. The Labute approximate surface area is 79.3 Å². The van der Waals surface area contributed by atoms with Gasteiger partial charge in [0, 0.05) is 21.5 Å². The molecule has 0 saturated carbocycles. The van der Waals surface area contributed by atoms with Crippen LogP contribution in [-0.2, 0) is 6.42 Å². The van der Waals surface area contributed by atoms with Crippen molar-refractivity contribution in [1.29, 1.82) is 0 Å². The van der Waals surface area contributed by atoms with Crippen LogP contribution in [0.4, 0.5) is 11.4 Å². The highest BCUT2D eigenvalue weighted by Gasteiger charge is 2.12. The summed E-state index contributed by atoms with van der Waals surface area (Å²) in [5.74, 6) is 0. The van der Waals surface area contributed by atoms with E-state index in [4.69, 9.17) is 5.73 Å². The van der Waals surface area contributed by atoms with Crippen molar-refractivity contribution in [2.24, 2.45) is 0 Å². The maximum Gasteiger partial charge on any atom is 0.0404 e. The van der Waals surface area contributed by atoms with E-state index in [0.717, 1.165) is 18.7 Å². The zero-order valence-corrected chi connectivity index (χ0v) is 8.18. The molecule has 11 heavy (non-hydrogen) atoms. The van der Waals surface area contributed by atoms with Gasteiger partial charge in [0.2, 0.25) is 0 Å². The number of nitrogens with two attached hydrogens (primary N) is 1. The van der Waals surface area contributed by atoms with Crippen molar-refractivity contribution in [3.63, 3.8) is 0 Å². The normalized spacial score (nSPS) is 14.3. The predicted octanol–water partition coefficient (Wildman–Crippen LogP) is 1.84. The molecule has 1 aromatic carbocycles. The summed E-state index contributed by atoms with van der Waals surface area (Å²) in [6, 6.07) is 4.16. The molecule has 1 aliphatic rings. The second-order valence-corrected chi connectivity index (χ2v) is 3.94. The summed E-state index contributed by atoms with van der Waals surface area (Å²) >= 11 is 2.28. The number of nitrogens with one attached hydrogen (secondary N) is 1. The van der Waals surface area contributed by atoms with Gasteiger partial charge in [0.15, 0.2) is 0 Å². The molecule has 1 heterocycles. The fourth-order valence-corrected chi connectivity index (χ4v) is 2.06. The standard InChI is InChI=1S/C8H9IN2/c9-5-3-7(10)6-1-2-11-8(6)4-5/h3-4,11H,1-2,10H2. The Hall–Kier alpha value is -0.450. The van der Waals surface area contributed by atoms with Crippen LogP contribution in [0, 0.1) is 3.57 Å². The molecule has 3 heteroatoms. The molecular formula is C8H9IN2. The van der Waals surface area contributed by atoms with Crippen molar-refractivity contribution in [2.45, 2.75) is 6.42 Å². The van der Waals surface area contributed by atoms with E-state index in [0.29, 0.717) is 0 Å². The quantitative estimate of drug-likeness (QED) is 0.551. The number of anilines is 2. The lowest BCUT2D eigenvalue weighted by Crippen LogP contribution is -1.92. The second-order valence-electron chi connectivity index (χ2n) is 2.70. The Kier molecular flexibility index (Phi) is 1.67. The lowest BCUT2D eigenvalue weighted by molar-refractivity contribution is 1.11. The average molecular weight is 260 g/mol. The molecule has 0 fully saturated rings. The molecule has 2 nitrogen and oxygen atoms in total. The number of halogens is 1. The van der Waals surface area contributed by atoms with E-state index in [-0.39, 0.29) is 0 Å². The molecular weight excluding hydrogens is 251 g/mol. The molecule has 0 aliphatic carbocycles. The molecule has 0 atom stereocenters. The molecule has 0 aromatic heterocycles. The third kappa shape index (κ3) is 1.17. The summed E-state index contributed by atoms with van der Waals surface area (Å²) in [5, 5.41) is 3.30.